The molecule has 0 spiro atoms. The van der Waals surface area contributed by atoms with Gasteiger partial charge in [0, 0.05) is 30.5 Å². The number of rotatable bonds is 10. The maximum Gasteiger partial charge on any atom is 0.256 e. The summed E-state index contributed by atoms with van der Waals surface area (Å²) in [4.78, 5) is 36.9. The molecule has 1 aliphatic carbocycles. The molecule has 1 atom stereocenters. The van der Waals surface area contributed by atoms with Crippen LogP contribution in [0.15, 0.2) is 82.5 Å². The number of carbonyl (C=O) groups is 1. The number of fused-ring (bicyclic) bond motifs is 1. The number of nitrogens with zero attached hydrogens (tertiary/aromatic N) is 4. The van der Waals surface area contributed by atoms with E-state index >= 15 is 0 Å². The van der Waals surface area contributed by atoms with Gasteiger partial charge in [-0.25, -0.2) is 4.98 Å². The molecule has 2 aromatic carbocycles. The second-order valence-corrected chi connectivity index (χ2v) is 12.9. The third-order valence-corrected chi connectivity index (χ3v) is 10.2. The van der Waals surface area contributed by atoms with Crippen LogP contribution < -0.4 is 5.56 Å². The largest absolute Gasteiger partial charge is 0.451 e. The number of oxazole rings is 1. The summed E-state index contributed by atoms with van der Waals surface area (Å²) >= 11 is 2.26. The number of benzene rings is 2. The lowest BCUT2D eigenvalue weighted by Crippen LogP contribution is -2.43. The van der Waals surface area contributed by atoms with Gasteiger partial charge >= 0.3 is 0 Å². The molecule has 2 aromatic heterocycles. The van der Waals surface area contributed by atoms with Crippen molar-refractivity contribution >= 4 is 39.4 Å². The Kier molecular flexibility index (Phi) is 9.93. The fourth-order valence-electron chi connectivity index (χ4n) is 7.19. The smallest absolute Gasteiger partial charge is 0.256 e. The van der Waals surface area contributed by atoms with Crippen LogP contribution in [0.2, 0.25) is 0 Å². The van der Waals surface area contributed by atoms with Gasteiger partial charge in [-0.3, -0.25) is 19.1 Å². The molecule has 43 heavy (non-hydrogen) atoms. The Labute approximate surface area is 267 Å². The molecule has 1 amide bonds. The van der Waals surface area contributed by atoms with E-state index in [0.717, 1.165) is 74.8 Å². The second kappa shape index (κ2) is 14.2. The zero-order valence-electron chi connectivity index (χ0n) is 24.7. The Morgan fingerprint density at radius 2 is 1.74 bits per heavy atom. The number of piperidine rings is 1. The van der Waals surface area contributed by atoms with Crippen molar-refractivity contribution in [1.82, 2.24) is 19.4 Å². The van der Waals surface area contributed by atoms with Gasteiger partial charge in [0.2, 0.25) is 5.91 Å². The standard InChI is InChI=1S/C35H41IN4O3/c36-24-40-33-14-8-7-13-29(33)19-30(35(40)42)20-39(34(41)28-11-5-2-6-12-28)22-32(26-9-3-1-4-10-26)27-15-17-38(18-16-27)21-31-23-43-25-37-31/h1,3-4,7-10,13-14,19,23,25,27-28,32H,2,5-6,11-12,15-18,20-22,24H2. The highest BCUT2D eigenvalue weighted by molar-refractivity contribution is 14.1. The van der Waals surface area contributed by atoms with Crippen molar-refractivity contribution in [1.29, 1.82) is 0 Å². The first-order valence-electron chi connectivity index (χ1n) is 15.7. The molecule has 1 saturated carbocycles. The van der Waals surface area contributed by atoms with Crippen LogP contribution in [0.5, 0.6) is 0 Å². The maximum absolute atomic E-state index is 14.3. The zero-order valence-corrected chi connectivity index (χ0v) is 26.9. The van der Waals surface area contributed by atoms with E-state index in [2.05, 4.69) is 73.8 Å². The van der Waals surface area contributed by atoms with Crippen molar-refractivity contribution < 1.29 is 9.21 Å². The third kappa shape index (κ3) is 7.06. The molecule has 0 bridgehead atoms. The van der Waals surface area contributed by atoms with Crippen LogP contribution in [0.4, 0.5) is 0 Å². The van der Waals surface area contributed by atoms with Crippen LogP contribution in [-0.4, -0.2) is 44.9 Å². The van der Waals surface area contributed by atoms with Crippen molar-refractivity contribution in [2.45, 2.75) is 68.5 Å². The first-order valence-corrected chi connectivity index (χ1v) is 17.2. The number of halogens is 1. The number of likely N-dealkylation sites (tertiary alicyclic amines) is 1. The monoisotopic (exact) mass is 692 g/mol. The highest BCUT2D eigenvalue weighted by Gasteiger charge is 2.33. The van der Waals surface area contributed by atoms with Gasteiger partial charge in [-0.1, -0.05) is 90.4 Å². The van der Waals surface area contributed by atoms with Gasteiger partial charge in [0.15, 0.2) is 6.39 Å². The number of hydrogen-bond acceptors (Lipinski definition) is 5. The van der Waals surface area contributed by atoms with Crippen molar-refractivity contribution in [3.8, 4) is 0 Å². The molecule has 6 rings (SSSR count). The topological polar surface area (TPSA) is 71.6 Å². The number of hydrogen-bond donors (Lipinski definition) is 0. The van der Waals surface area contributed by atoms with E-state index in [1.54, 1.807) is 6.26 Å². The zero-order chi connectivity index (χ0) is 29.6. The van der Waals surface area contributed by atoms with Crippen molar-refractivity contribution in [2.75, 3.05) is 19.6 Å². The molecular formula is C35H41IN4O3. The van der Waals surface area contributed by atoms with E-state index in [0.29, 0.717) is 29.1 Å². The Balaban J connectivity index is 1.30. The van der Waals surface area contributed by atoms with Gasteiger partial charge in [0.25, 0.3) is 5.56 Å². The summed E-state index contributed by atoms with van der Waals surface area (Å²) in [5.74, 6) is 0.912. The van der Waals surface area contributed by atoms with Crippen LogP contribution in [0.3, 0.4) is 0 Å². The van der Waals surface area contributed by atoms with Crippen molar-refractivity contribution in [3.63, 3.8) is 0 Å². The quantitative estimate of drug-likeness (QED) is 0.133. The molecule has 3 heterocycles. The number of aromatic nitrogens is 2. The van der Waals surface area contributed by atoms with E-state index in [-0.39, 0.29) is 23.3 Å². The van der Waals surface area contributed by atoms with Crippen LogP contribution in [-0.2, 0) is 22.4 Å². The average molecular weight is 693 g/mol. The fraction of sp³-hybridized carbons (Fsp3) is 0.457. The third-order valence-electron chi connectivity index (χ3n) is 9.54. The van der Waals surface area contributed by atoms with E-state index in [1.807, 2.05) is 28.8 Å². The van der Waals surface area contributed by atoms with Crippen LogP contribution >= 0.6 is 22.6 Å². The van der Waals surface area contributed by atoms with Crippen molar-refractivity contribution in [2.24, 2.45) is 11.8 Å². The molecular weight excluding hydrogens is 651 g/mol. The first kappa shape index (κ1) is 30.1. The Bertz CT molecular complexity index is 1540. The van der Waals surface area contributed by atoms with Crippen LogP contribution in [0.1, 0.15) is 67.7 Å². The molecule has 226 valence electrons. The minimum absolute atomic E-state index is 0.00645. The fourth-order valence-corrected chi connectivity index (χ4v) is 7.87. The number of alkyl halides is 1. The summed E-state index contributed by atoms with van der Waals surface area (Å²) in [6, 6.07) is 20.8. The maximum atomic E-state index is 14.3. The number of amides is 1. The summed E-state index contributed by atoms with van der Waals surface area (Å²) in [6.07, 6.45) is 10.6. The molecule has 2 fully saturated rings. The molecule has 2 aliphatic rings. The lowest BCUT2D eigenvalue weighted by molar-refractivity contribution is -0.137. The normalized spacial score (nSPS) is 17.7. The van der Waals surface area contributed by atoms with Gasteiger partial charge in [-0.2, -0.15) is 0 Å². The van der Waals surface area contributed by atoms with E-state index in [9.17, 15) is 9.59 Å². The number of carbonyl (C=O) groups excluding carboxylic acids is 1. The lowest BCUT2D eigenvalue weighted by atomic mass is 9.79. The van der Waals surface area contributed by atoms with Crippen LogP contribution in [0, 0.1) is 11.8 Å². The number of pyridine rings is 1. The predicted octanol–water partition coefficient (Wildman–Crippen LogP) is 6.99. The van der Waals surface area contributed by atoms with E-state index in [4.69, 9.17) is 4.42 Å². The summed E-state index contributed by atoms with van der Waals surface area (Å²) in [5.41, 5.74) is 3.90. The molecule has 7 nitrogen and oxygen atoms in total. The van der Waals surface area contributed by atoms with Gasteiger partial charge < -0.3 is 9.32 Å². The lowest BCUT2D eigenvalue weighted by Gasteiger charge is -2.39. The first-order chi connectivity index (χ1) is 21.1. The summed E-state index contributed by atoms with van der Waals surface area (Å²) in [5, 5.41) is 1.04. The average Bonchev–Trinajstić information content (AvgIpc) is 3.57. The molecule has 1 saturated heterocycles. The van der Waals surface area contributed by atoms with E-state index in [1.165, 1.54) is 18.4 Å². The molecule has 0 radical (unpaired) electrons. The van der Waals surface area contributed by atoms with E-state index < -0.39 is 0 Å². The van der Waals surface area contributed by atoms with Crippen LogP contribution in [0.25, 0.3) is 10.9 Å². The minimum Gasteiger partial charge on any atom is -0.451 e. The molecule has 1 unspecified atom stereocenters. The SMILES string of the molecule is O=C(C1CCCCC1)N(Cc1cc2ccccc2n(CI)c1=O)CC(c1ccccc1)C1CCN(Cc2cocn2)CC1. The highest BCUT2D eigenvalue weighted by atomic mass is 127. The summed E-state index contributed by atoms with van der Waals surface area (Å²) < 4.78 is 7.60. The Hall–Kier alpha value is -2.98. The van der Waals surface area contributed by atoms with Gasteiger partial charge in [0.1, 0.15) is 6.26 Å². The van der Waals surface area contributed by atoms with Gasteiger partial charge in [-0.15, -0.1) is 0 Å². The summed E-state index contributed by atoms with van der Waals surface area (Å²) in [7, 11) is 0. The Morgan fingerprint density at radius 3 is 2.47 bits per heavy atom. The van der Waals surface area contributed by atoms with Gasteiger partial charge in [0.05, 0.1) is 22.3 Å². The summed E-state index contributed by atoms with van der Waals surface area (Å²) in [6.45, 7) is 3.76. The van der Waals surface area contributed by atoms with Gasteiger partial charge in [-0.05, 0) is 67.8 Å². The second-order valence-electron chi connectivity index (χ2n) is 12.2. The predicted molar refractivity (Wildman–Crippen MR) is 178 cm³/mol. The highest BCUT2D eigenvalue weighted by Crippen LogP contribution is 2.35. The Morgan fingerprint density at radius 1 is 1.00 bits per heavy atom. The van der Waals surface area contributed by atoms with Crippen molar-refractivity contribution in [3.05, 3.63) is 100 Å². The number of para-hydroxylation sites is 1. The molecule has 1 aliphatic heterocycles. The minimum atomic E-state index is 0.00645. The molecule has 4 aromatic rings. The molecule has 8 heteroatoms. The molecule has 0 N–H and O–H groups in total.